The van der Waals surface area contributed by atoms with Crippen LogP contribution in [0, 0.1) is 6.92 Å². The van der Waals surface area contributed by atoms with E-state index in [0.717, 1.165) is 65.3 Å². The highest BCUT2D eigenvalue weighted by Crippen LogP contribution is 2.46. The van der Waals surface area contributed by atoms with E-state index in [2.05, 4.69) is 20.4 Å². The monoisotopic (exact) mass is 572 g/mol. The van der Waals surface area contributed by atoms with Crippen molar-refractivity contribution in [3.8, 4) is 0 Å². The molecule has 0 radical (unpaired) electrons. The summed E-state index contributed by atoms with van der Waals surface area (Å²) in [5, 5.41) is 22.3. The summed E-state index contributed by atoms with van der Waals surface area (Å²) in [6, 6.07) is 15.2. The van der Waals surface area contributed by atoms with E-state index in [9.17, 15) is 18.3 Å². The van der Waals surface area contributed by atoms with Crippen molar-refractivity contribution in [3.63, 3.8) is 0 Å². The zero-order valence-corrected chi connectivity index (χ0v) is 23.9. The van der Waals surface area contributed by atoms with Crippen LogP contribution in [0.3, 0.4) is 0 Å². The summed E-state index contributed by atoms with van der Waals surface area (Å²) in [6.45, 7) is 5.27. The van der Waals surface area contributed by atoms with Gasteiger partial charge >= 0.3 is 5.97 Å². The van der Waals surface area contributed by atoms with Gasteiger partial charge in [-0.25, -0.2) is 8.42 Å². The van der Waals surface area contributed by atoms with Gasteiger partial charge in [0, 0.05) is 37.3 Å². The minimum atomic E-state index is -3.76. The molecule has 7 rings (SSSR count). The van der Waals surface area contributed by atoms with E-state index in [1.165, 1.54) is 0 Å². The van der Waals surface area contributed by atoms with Crippen LogP contribution < -0.4 is 10.2 Å². The zero-order valence-electron chi connectivity index (χ0n) is 23.0. The van der Waals surface area contributed by atoms with Crippen LogP contribution in [0.1, 0.15) is 60.2 Å². The quantitative estimate of drug-likeness (QED) is 0.366. The highest BCUT2D eigenvalue weighted by molar-refractivity contribution is 7.89. The second-order valence-corrected chi connectivity index (χ2v) is 13.2. The van der Waals surface area contributed by atoms with Gasteiger partial charge in [0.05, 0.1) is 18.7 Å². The highest BCUT2D eigenvalue weighted by atomic mass is 32.2. The van der Waals surface area contributed by atoms with Crippen molar-refractivity contribution in [2.75, 3.05) is 23.3 Å². The molecule has 0 amide bonds. The van der Waals surface area contributed by atoms with Crippen LogP contribution in [-0.4, -0.2) is 57.1 Å². The van der Waals surface area contributed by atoms with Gasteiger partial charge in [-0.2, -0.15) is 4.31 Å². The van der Waals surface area contributed by atoms with Crippen molar-refractivity contribution in [3.05, 3.63) is 82.8 Å². The Balaban J connectivity index is 1.35. The fourth-order valence-electron chi connectivity index (χ4n) is 6.99. The van der Waals surface area contributed by atoms with Gasteiger partial charge in [0.1, 0.15) is 16.4 Å². The minimum Gasteiger partial charge on any atom is -0.481 e. The SMILES string of the molecule is CCc1nnc2c(C)c([C@H](CC(=O)O)c3ccc4c(c3)CN3C[C@]5(CCCN5c5ccccc5S3(=O)=O)N4)ccn12. The fourth-order valence-corrected chi connectivity index (χ4v) is 8.65. The van der Waals surface area contributed by atoms with Gasteiger partial charge in [-0.3, -0.25) is 9.20 Å². The molecule has 2 N–H and O–H groups in total. The van der Waals surface area contributed by atoms with E-state index in [1.54, 1.807) is 16.4 Å². The lowest BCUT2D eigenvalue weighted by Gasteiger charge is -2.40. The van der Waals surface area contributed by atoms with Crippen LogP contribution in [0.5, 0.6) is 0 Å². The van der Waals surface area contributed by atoms with Crippen molar-refractivity contribution < 1.29 is 18.3 Å². The molecule has 41 heavy (non-hydrogen) atoms. The fraction of sp³-hybridized carbons (Fsp3) is 0.367. The third-order valence-electron chi connectivity index (χ3n) is 8.95. The van der Waals surface area contributed by atoms with E-state index in [0.29, 0.717) is 17.1 Å². The average molecular weight is 573 g/mol. The van der Waals surface area contributed by atoms with Gasteiger partial charge < -0.3 is 15.3 Å². The number of sulfonamides is 1. The highest BCUT2D eigenvalue weighted by Gasteiger charge is 2.50. The largest absolute Gasteiger partial charge is 0.481 e. The number of aromatic nitrogens is 3. The summed E-state index contributed by atoms with van der Waals surface area (Å²) in [5.74, 6) is -0.503. The molecule has 3 atom stereocenters. The Hall–Kier alpha value is -3.96. The second kappa shape index (κ2) is 9.28. The van der Waals surface area contributed by atoms with Crippen molar-refractivity contribution in [2.24, 2.45) is 0 Å². The number of aliphatic carboxylic acids is 1. The van der Waals surface area contributed by atoms with Gasteiger partial charge in [-0.1, -0.05) is 31.2 Å². The van der Waals surface area contributed by atoms with Crippen LogP contribution in [0.25, 0.3) is 5.65 Å². The van der Waals surface area contributed by atoms with Crippen molar-refractivity contribution in [1.29, 1.82) is 0 Å². The molecule has 11 heteroatoms. The predicted molar refractivity (Wildman–Crippen MR) is 155 cm³/mol. The number of fused-ring (bicyclic) bond motifs is 5. The minimum absolute atomic E-state index is 0.106. The molecule has 1 fully saturated rings. The number of nitrogens with one attached hydrogen (secondary N) is 1. The number of carboxylic acid groups (broad SMARTS) is 1. The number of pyridine rings is 1. The van der Waals surface area contributed by atoms with Crippen LogP contribution >= 0.6 is 0 Å². The first-order chi connectivity index (χ1) is 19.7. The Morgan fingerprint density at radius 3 is 2.80 bits per heavy atom. The lowest BCUT2D eigenvalue weighted by Crippen LogP contribution is -2.55. The summed E-state index contributed by atoms with van der Waals surface area (Å²) >= 11 is 0. The Morgan fingerprint density at radius 1 is 1.17 bits per heavy atom. The molecule has 5 heterocycles. The van der Waals surface area contributed by atoms with Crippen molar-refractivity contribution >= 4 is 33.0 Å². The number of rotatable bonds is 5. The number of aryl methyl sites for hydroxylation is 2. The van der Waals surface area contributed by atoms with Gasteiger partial charge in [0.25, 0.3) is 0 Å². The number of carbonyl (C=O) groups is 1. The average Bonchev–Trinajstić information content (AvgIpc) is 3.50. The molecule has 3 aliphatic heterocycles. The van der Waals surface area contributed by atoms with Crippen LogP contribution in [0.15, 0.2) is 59.6 Å². The van der Waals surface area contributed by atoms with Crippen LogP contribution in [-0.2, 0) is 27.8 Å². The van der Waals surface area contributed by atoms with Crippen molar-refractivity contribution in [1.82, 2.24) is 18.9 Å². The molecule has 0 aliphatic carbocycles. The summed E-state index contributed by atoms with van der Waals surface area (Å²) in [7, 11) is -3.76. The number of carboxylic acids is 1. The summed E-state index contributed by atoms with van der Waals surface area (Å²) < 4.78 is 31.5. The third kappa shape index (κ3) is 3.93. The molecule has 2 bridgehead atoms. The Bertz CT molecular complexity index is 1820. The molecule has 10 nitrogen and oxygen atoms in total. The number of nitrogens with zero attached hydrogens (tertiary/aromatic N) is 5. The maximum absolute atomic E-state index is 14.0. The van der Waals surface area contributed by atoms with Gasteiger partial charge in [-0.05, 0) is 66.3 Å². The van der Waals surface area contributed by atoms with E-state index < -0.39 is 27.6 Å². The van der Waals surface area contributed by atoms with Crippen LogP contribution in [0.2, 0.25) is 0 Å². The molecule has 1 unspecified atom stereocenters. The molecule has 4 aromatic rings. The summed E-state index contributed by atoms with van der Waals surface area (Å²) in [5.41, 5.74) is 5.19. The zero-order chi connectivity index (χ0) is 28.5. The summed E-state index contributed by atoms with van der Waals surface area (Å²) in [4.78, 5) is 14.7. The van der Waals surface area contributed by atoms with Crippen LogP contribution in [0.4, 0.5) is 11.4 Å². The number of benzene rings is 2. The number of hydrogen-bond acceptors (Lipinski definition) is 7. The molecule has 0 saturated carbocycles. The lowest BCUT2D eigenvalue weighted by atomic mass is 9.85. The standard InChI is InChI=1S/C30H32N6O4S/c1-3-27-32-33-29-19(2)22(11-14-35(27)29)23(16-28(37)38)20-9-10-24-21(15-20)17-34-18-30(31-24)12-6-13-36(30)25-7-4-5-8-26(25)41(34,39)40/h4-5,7-11,14-15,23,31H,3,6,12-13,16-18H2,1-2H3,(H,37,38)/t23-,30-/m1/s1. The van der Waals surface area contributed by atoms with E-state index in [1.807, 2.05) is 60.8 Å². The third-order valence-corrected chi connectivity index (χ3v) is 10.8. The number of hydrogen-bond donors (Lipinski definition) is 2. The molecule has 1 saturated heterocycles. The van der Waals surface area contributed by atoms with E-state index >= 15 is 0 Å². The Morgan fingerprint density at radius 2 is 2.00 bits per heavy atom. The first kappa shape index (κ1) is 26.0. The first-order valence-electron chi connectivity index (χ1n) is 14.0. The molecule has 2 aromatic carbocycles. The van der Waals surface area contributed by atoms with Gasteiger partial charge in [0.2, 0.25) is 10.0 Å². The maximum Gasteiger partial charge on any atom is 0.304 e. The normalized spacial score (nSPS) is 23.1. The predicted octanol–water partition coefficient (Wildman–Crippen LogP) is 4.13. The van der Waals surface area contributed by atoms with Gasteiger partial charge in [0.15, 0.2) is 5.65 Å². The molecule has 2 aromatic heterocycles. The first-order valence-corrected chi connectivity index (χ1v) is 15.5. The van der Waals surface area contributed by atoms with E-state index in [-0.39, 0.29) is 13.0 Å². The molecular weight excluding hydrogens is 540 g/mol. The lowest BCUT2D eigenvalue weighted by molar-refractivity contribution is -0.137. The topological polar surface area (TPSA) is 120 Å². The smallest absolute Gasteiger partial charge is 0.304 e. The molecule has 1 spiro atoms. The Kier molecular flexibility index (Phi) is 5.88. The van der Waals surface area contributed by atoms with E-state index in [4.69, 9.17) is 0 Å². The number of anilines is 2. The van der Waals surface area contributed by atoms with Gasteiger partial charge in [-0.15, -0.1) is 10.2 Å². The molecule has 212 valence electrons. The summed E-state index contributed by atoms with van der Waals surface area (Å²) in [6.07, 6.45) is 4.30. The van der Waals surface area contributed by atoms with Crippen molar-refractivity contribution in [2.45, 2.75) is 62.6 Å². The number of para-hydroxylation sites is 1. The molecular formula is C30H32N6O4S. The molecule has 3 aliphatic rings. The maximum atomic E-state index is 14.0. The second-order valence-electron chi connectivity index (χ2n) is 11.3. The Labute approximate surface area is 238 Å².